The van der Waals surface area contributed by atoms with Gasteiger partial charge in [0.05, 0.1) is 5.39 Å². The second-order valence-electron chi connectivity index (χ2n) is 5.62. The molecule has 0 amide bonds. The maximum Gasteiger partial charge on any atom is 0.353 e. The van der Waals surface area contributed by atoms with E-state index in [2.05, 4.69) is 15.2 Å². The minimum Gasteiger partial charge on any atom is -0.506 e. The number of benzene rings is 2. The Bertz CT molecular complexity index is 1180. The number of para-hydroxylation sites is 1. The molecule has 26 heavy (non-hydrogen) atoms. The molecule has 2 aromatic heterocycles. The first kappa shape index (κ1) is 15.8. The summed E-state index contributed by atoms with van der Waals surface area (Å²) in [5, 5.41) is 18.5. The molecular formula is C19H13N3O4. The molecule has 0 fully saturated rings. The van der Waals surface area contributed by atoms with Gasteiger partial charge in [0.25, 0.3) is 5.89 Å². The monoisotopic (exact) mass is 347 g/mol. The van der Waals surface area contributed by atoms with Gasteiger partial charge in [-0.1, -0.05) is 47.6 Å². The van der Waals surface area contributed by atoms with Gasteiger partial charge in [0.15, 0.2) is 5.56 Å². The summed E-state index contributed by atoms with van der Waals surface area (Å²) in [6, 6.07) is 14.5. The van der Waals surface area contributed by atoms with Gasteiger partial charge in [-0.25, -0.2) is 9.79 Å². The van der Waals surface area contributed by atoms with Gasteiger partial charge in [0.1, 0.15) is 11.3 Å². The highest BCUT2D eigenvalue weighted by molar-refractivity contribution is 5.90. The number of aromatic hydroxyl groups is 1. The van der Waals surface area contributed by atoms with Crippen molar-refractivity contribution in [3.63, 3.8) is 0 Å². The van der Waals surface area contributed by atoms with Gasteiger partial charge in [-0.15, -0.1) is 5.10 Å². The van der Waals surface area contributed by atoms with Crippen molar-refractivity contribution in [1.82, 2.24) is 10.2 Å². The smallest absolute Gasteiger partial charge is 0.353 e. The van der Waals surface area contributed by atoms with Crippen LogP contribution in [0.3, 0.4) is 0 Å². The zero-order chi connectivity index (χ0) is 18.1. The minimum absolute atomic E-state index is 0.0352. The van der Waals surface area contributed by atoms with E-state index in [1.807, 2.05) is 30.3 Å². The van der Waals surface area contributed by atoms with E-state index in [1.165, 1.54) is 0 Å². The second-order valence-corrected chi connectivity index (χ2v) is 5.62. The zero-order valence-electron chi connectivity index (χ0n) is 13.7. The van der Waals surface area contributed by atoms with Crippen molar-refractivity contribution < 1.29 is 13.9 Å². The zero-order valence-corrected chi connectivity index (χ0v) is 13.7. The van der Waals surface area contributed by atoms with E-state index in [1.54, 1.807) is 31.3 Å². The van der Waals surface area contributed by atoms with E-state index in [0.29, 0.717) is 11.0 Å². The van der Waals surface area contributed by atoms with Crippen LogP contribution in [0.1, 0.15) is 11.1 Å². The number of rotatable bonds is 3. The molecule has 7 nitrogen and oxygen atoms in total. The number of fused-ring (bicyclic) bond motifs is 1. The molecule has 128 valence electrons. The first-order valence-electron chi connectivity index (χ1n) is 7.82. The average molecular weight is 347 g/mol. The summed E-state index contributed by atoms with van der Waals surface area (Å²) < 4.78 is 10.7. The van der Waals surface area contributed by atoms with E-state index in [0.717, 1.165) is 11.1 Å². The fourth-order valence-corrected chi connectivity index (χ4v) is 2.58. The number of aryl methyl sites for hydroxylation is 1. The molecule has 0 atom stereocenters. The fourth-order valence-electron chi connectivity index (χ4n) is 2.58. The number of nitrogens with zero attached hydrogens (tertiary/aromatic N) is 3. The molecule has 0 aliphatic carbocycles. The summed E-state index contributed by atoms with van der Waals surface area (Å²) in [6.45, 7) is 1.79. The SMILES string of the molecule is Cc1cccc2c(O)c(-c3nnc(/N=C/c4ccccc4)o3)c(=O)oc12. The summed E-state index contributed by atoms with van der Waals surface area (Å²) >= 11 is 0. The maximum absolute atomic E-state index is 12.3. The Morgan fingerprint density at radius 1 is 1.04 bits per heavy atom. The topological polar surface area (TPSA) is 102 Å². The van der Waals surface area contributed by atoms with E-state index < -0.39 is 5.63 Å². The fraction of sp³-hybridized carbons (Fsp3) is 0.0526. The third-order valence-corrected chi connectivity index (χ3v) is 3.85. The van der Waals surface area contributed by atoms with Crippen LogP contribution >= 0.6 is 0 Å². The van der Waals surface area contributed by atoms with E-state index >= 15 is 0 Å². The van der Waals surface area contributed by atoms with Crippen LogP contribution in [0.5, 0.6) is 5.75 Å². The van der Waals surface area contributed by atoms with E-state index in [9.17, 15) is 9.90 Å². The van der Waals surface area contributed by atoms with Crippen LogP contribution in [0.4, 0.5) is 6.01 Å². The number of hydrogen-bond acceptors (Lipinski definition) is 7. The molecule has 0 saturated heterocycles. The van der Waals surface area contributed by atoms with Crippen molar-refractivity contribution in [2.75, 3.05) is 0 Å². The molecule has 1 N–H and O–H groups in total. The van der Waals surface area contributed by atoms with Gasteiger partial charge in [-0.05, 0) is 24.1 Å². The molecule has 4 rings (SSSR count). The average Bonchev–Trinajstić information content (AvgIpc) is 3.10. The van der Waals surface area contributed by atoms with Crippen molar-refractivity contribution in [2.45, 2.75) is 6.92 Å². The highest BCUT2D eigenvalue weighted by Gasteiger charge is 2.21. The molecule has 4 aromatic rings. The third-order valence-electron chi connectivity index (χ3n) is 3.85. The molecule has 0 radical (unpaired) electrons. The summed E-state index contributed by atoms with van der Waals surface area (Å²) in [7, 11) is 0. The van der Waals surface area contributed by atoms with Crippen LogP contribution in [0, 0.1) is 6.92 Å². The molecule has 0 bridgehead atoms. The lowest BCUT2D eigenvalue weighted by atomic mass is 10.1. The third kappa shape index (κ3) is 2.75. The Kier molecular flexibility index (Phi) is 3.81. The van der Waals surface area contributed by atoms with Gasteiger partial charge in [-0.3, -0.25) is 0 Å². The van der Waals surface area contributed by atoms with Gasteiger partial charge >= 0.3 is 11.6 Å². The quantitative estimate of drug-likeness (QED) is 0.449. The lowest BCUT2D eigenvalue weighted by Crippen LogP contribution is -2.04. The van der Waals surface area contributed by atoms with Gasteiger partial charge in [0, 0.05) is 6.21 Å². The molecule has 2 aromatic carbocycles. The minimum atomic E-state index is -0.758. The van der Waals surface area contributed by atoms with Crippen LogP contribution < -0.4 is 5.63 Å². The predicted molar refractivity (Wildman–Crippen MR) is 95.9 cm³/mol. The first-order valence-corrected chi connectivity index (χ1v) is 7.82. The number of hydrogen-bond donors (Lipinski definition) is 1. The van der Waals surface area contributed by atoms with Crippen LogP contribution in [0.15, 0.2) is 67.2 Å². The Morgan fingerprint density at radius 2 is 1.85 bits per heavy atom. The van der Waals surface area contributed by atoms with Crippen molar-refractivity contribution in [3.05, 3.63) is 70.1 Å². The summed E-state index contributed by atoms with van der Waals surface area (Å²) in [5.74, 6) is -0.415. The largest absolute Gasteiger partial charge is 0.506 e. The maximum atomic E-state index is 12.3. The second kappa shape index (κ2) is 6.29. The van der Waals surface area contributed by atoms with Crippen molar-refractivity contribution >= 4 is 23.2 Å². The van der Waals surface area contributed by atoms with E-state index in [4.69, 9.17) is 8.83 Å². The Labute approximate surface area is 147 Å². The van der Waals surface area contributed by atoms with Gasteiger partial charge in [-0.2, -0.15) is 0 Å². The number of aromatic nitrogens is 2. The normalized spacial score (nSPS) is 11.4. The first-order chi connectivity index (χ1) is 12.6. The molecule has 0 unspecified atom stereocenters. The molecule has 0 aliphatic heterocycles. The van der Waals surface area contributed by atoms with Crippen LogP contribution in [0.25, 0.3) is 22.4 Å². The lowest BCUT2D eigenvalue weighted by molar-refractivity contribution is 0.465. The van der Waals surface area contributed by atoms with Gasteiger partial charge in [0.2, 0.25) is 0 Å². The highest BCUT2D eigenvalue weighted by Crippen LogP contribution is 2.34. The molecule has 0 spiro atoms. The predicted octanol–water partition coefficient (Wildman–Crippen LogP) is 3.61. The van der Waals surface area contributed by atoms with Crippen LogP contribution in [0.2, 0.25) is 0 Å². The Hall–Kier alpha value is -3.74. The van der Waals surface area contributed by atoms with E-state index in [-0.39, 0.29) is 23.2 Å². The van der Waals surface area contributed by atoms with Crippen molar-refractivity contribution in [2.24, 2.45) is 4.99 Å². The van der Waals surface area contributed by atoms with Crippen molar-refractivity contribution in [1.29, 1.82) is 0 Å². The highest BCUT2D eigenvalue weighted by atomic mass is 16.4. The molecule has 7 heteroatoms. The summed E-state index contributed by atoms with van der Waals surface area (Å²) in [6.07, 6.45) is 1.56. The summed E-state index contributed by atoms with van der Waals surface area (Å²) in [5.41, 5.74) is 0.972. The van der Waals surface area contributed by atoms with Crippen LogP contribution in [-0.4, -0.2) is 21.5 Å². The summed E-state index contributed by atoms with van der Waals surface area (Å²) in [4.78, 5) is 16.4. The Morgan fingerprint density at radius 3 is 2.65 bits per heavy atom. The van der Waals surface area contributed by atoms with Crippen LogP contribution in [-0.2, 0) is 0 Å². The van der Waals surface area contributed by atoms with Gasteiger partial charge < -0.3 is 13.9 Å². The molecule has 2 heterocycles. The molecular weight excluding hydrogens is 334 g/mol. The molecule has 0 saturated carbocycles. The number of aliphatic imine (C=N–C) groups is 1. The van der Waals surface area contributed by atoms with Crippen molar-refractivity contribution in [3.8, 4) is 17.2 Å². The lowest BCUT2D eigenvalue weighted by Gasteiger charge is -2.04. The Balaban J connectivity index is 1.76. The molecule has 0 aliphatic rings. The standard InChI is InChI=1S/C19H13N3O4/c1-11-6-5-9-13-15(23)14(18(24)25-16(11)13)17-21-22-19(26-17)20-10-12-7-3-2-4-8-12/h2-10,23H,1H3/b20-10+.